The Hall–Kier alpha value is -1.93. The molecule has 0 aliphatic rings. The van der Waals surface area contributed by atoms with Crippen LogP contribution in [0.2, 0.25) is 5.02 Å². The van der Waals surface area contributed by atoms with E-state index in [1.807, 2.05) is 0 Å². The highest BCUT2D eigenvalue weighted by atomic mass is 35.5. The molecule has 0 spiro atoms. The fourth-order valence-electron chi connectivity index (χ4n) is 1.61. The summed E-state index contributed by atoms with van der Waals surface area (Å²) in [4.78, 5) is 16.1. The highest BCUT2D eigenvalue weighted by Gasteiger charge is 2.16. The van der Waals surface area contributed by atoms with Gasteiger partial charge in [-0.1, -0.05) is 16.8 Å². The second-order valence-electron chi connectivity index (χ2n) is 4.38. The van der Waals surface area contributed by atoms with Gasteiger partial charge in [-0.05, 0) is 6.92 Å². The third-order valence-electron chi connectivity index (χ3n) is 2.80. The number of carbonyl (C=O) groups is 1. The van der Waals surface area contributed by atoms with Crippen LogP contribution in [0, 0.1) is 0 Å². The first-order valence-corrected chi connectivity index (χ1v) is 6.75. The molecular weight excluding hydrogens is 298 g/mol. The van der Waals surface area contributed by atoms with Gasteiger partial charge in [0, 0.05) is 13.3 Å². The molecule has 0 saturated carbocycles. The van der Waals surface area contributed by atoms with Crippen molar-refractivity contribution in [3.63, 3.8) is 0 Å². The molecule has 1 N–H and O–H groups in total. The lowest BCUT2D eigenvalue weighted by Crippen LogP contribution is -2.31. The number of hydrogen-bond donors (Lipinski definition) is 1. The second-order valence-corrected chi connectivity index (χ2v) is 4.82. The number of hydrogen-bond acceptors (Lipinski definition) is 6. The van der Waals surface area contributed by atoms with E-state index in [-0.39, 0.29) is 12.5 Å². The van der Waals surface area contributed by atoms with E-state index in [1.54, 1.807) is 20.2 Å². The van der Waals surface area contributed by atoms with Gasteiger partial charge in [-0.25, -0.2) is 0 Å². The van der Waals surface area contributed by atoms with Crippen LogP contribution in [0.1, 0.15) is 24.7 Å². The third-order valence-corrected chi connectivity index (χ3v) is 2.99. The van der Waals surface area contributed by atoms with E-state index in [1.165, 1.54) is 10.9 Å². The van der Waals surface area contributed by atoms with Crippen LogP contribution in [0.25, 0.3) is 0 Å². The summed E-state index contributed by atoms with van der Waals surface area (Å²) in [6.07, 6.45) is 3.61. The number of amides is 1. The Morgan fingerprint density at radius 3 is 3.10 bits per heavy atom. The highest BCUT2D eigenvalue weighted by Crippen LogP contribution is 2.10. The van der Waals surface area contributed by atoms with Crippen molar-refractivity contribution in [2.45, 2.75) is 25.9 Å². The summed E-state index contributed by atoms with van der Waals surface area (Å²) < 4.78 is 11.4. The Balaban J connectivity index is 1.84. The molecule has 2 aromatic heterocycles. The average Bonchev–Trinajstić information content (AvgIpc) is 3.10. The molecule has 2 rings (SSSR count). The predicted molar refractivity (Wildman–Crippen MR) is 73.7 cm³/mol. The molecule has 9 heteroatoms. The lowest BCUT2D eigenvalue weighted by molar-refractivity contribution is -0.124. The zero-order valence-electron chi connectivity index (χ0n) is 11.7. The normalized spacial score (nSPS) is 12.3. The predicted octanol–water partition coefficient (Wildman–Crippen LogP) is 0.986. The van der Waals surface area contributed by atoms with Crippen molar-refractivity contribution in [2.24, 2.45) is 0 Å². The van der Waals surface area contributed by atoms with Gasteiger partial charge in [0.05, 0.1) is 30.8 Å². The minimum atomic E-state index is -0.475. The molecule has 1 atom stereocenters. The van der Waals surface area contributed by atoms with Gasteiger partial charge in [0.15, 0.2) is 5.82 Å². The summed E-state index contributed by atoms with van der Waals surface area (Å²) in [6.45, 7) is 2.42. The molecule has 0 aliphatic carbocycles. The molecule has 1 amide bonds. The molecule has 0 unspecified atom stereocenters. The zero-order chi connectivity index (χ0) is 15.2. The van der Waals surface area contributed by atoms with Crippen molar-refractivity contribution in [1.82, 2.24) is 25.2 Å². The van der Waals surface area contributed by atoms with E-state index in [0.717, 1.165) is 0 Å². The van der Waals surface area contributed by atoms with E-state index in [9.17, 15) is 4.79 Å². The van der Waals surface area contributed by atoms with Gasteiger partial charge in [-0.3, -0.25) is 9.48 Å². The standard InChI is InChI=1S/C12H16ClN5O3/c1-8(18-7-9(13)5-15-18)12(19)14-6-10-16-11(21-17-10)3-4-20-2/h5,7-8H,3-4,6H2,1-2H3,(H,14,19)/t8-/m1/s1. The van der Waals surface area contributed by atoms with Crippen molar-refractivity contribution in [2.75, 3.05) is 13.7 Å². The summed E-state index contributed by atoms with van der Waals surface area (Å²) in [5.74, 6) is 0.686. The van der Waals surface area contributed by atoms with Crippen LogP contribution in [0.15, 0.2) is 16.9 Å². The molecular formula is C12H16ClN5O3. The van der Waals surface area contributed by atoms with Gasteiger partial charge < -0.3 is 14.6 Å². The van der Waals surface area contributed by atoms with Gasteiger partial charge in [0.1, 0.15) is 6.04 Å². The van der Waals surface area contributed by atoms with Gasteiger partial charge in [-0.15, -0.1) is 0 Å². The summed E-state index contributed by atoms with van der Waals surface area (Å²) in [5, 5.41) is 11.0. The maximum atomic E-state index is 12.0. The first-order chi connectivity index (χ1) is 10.1. The van der Waals surface area contributed by atoms with E-state index in [2.05, 4.69) is 20.6 Å². The van der Waals surface area contributed by atoms with Crippen LogP contribution >= 0.6 is 11.6 Å². The number of nitrogens with zero attached hydrogens (tertiary/aromatic N) is 4. The van der Waals surface area contributed by atoms with E-state index in [0.29, 0.717) is 29.8 Å². The Labute approximate surface area is 126 Å². The summed E-state index contributed by atoms with van der Waals surface area (Å²) >= 11 is 5.77. The molecule has 0 radical (unpaired) electrons. The average molecular weight is 314 g/mol. The Bertz CT molecular complexity index is 597. The Kier molecular flexibility index (Phi) is 5.29. The number of rotatable bonds is 7. The van der Waals surface area contributed by atoms with Crippen molar-refractivity contribution >= 4 is 17.5 Å². The van der Waals surface area contributed by atoms with Crippen LogP contribution in [-0.4, -0.2) is 39.5 Å². The molecule has 8 nitrogen and oxygen atoms in total. The molecule has 2 aromatic rings. The number of ether oxygens (including phenoxy) is 1. The number of halogens is 1. The fourth-order valence-corrected chi connectivity index (χ4v) is 1.76. The minimum absolute atomic E-state index is 0.189. The monoisotopic (exact) mass is 313 g/mol. The van der Waals surface area contributed by atoms with Crippen molar-refractivity contribution in [3.8, 4) is 0 Å². The number of carbonyl (C=O) groups excluding carboxylic acids is 1. The van der Waals surface area contributed by atoms with Crippen molar-refractivity contribution < 1.29 is 14.1 Å². The SMILES string of the molecule is COCCc1nc(CNC(=O)[C@@H](C)n2cc(Cl)cn2)no1. The quantitative estimate of drug-likeness (QED) is 0.819. The van der Waals surface area contributed by atoms with Crippen LogP contribution in [0.5, 0.6) is 0 Å². The zero-order valence-corrected chi connectivity index (χ0v) is 12.5. The molecule has 21 heavy (non-hydrogen) atoms. The highest BCUT2D eigenvalue weighted by molar-refractivity contribution is 6.30. The number of aromatic nitrogens is 4. The van der Waals surface area contributed by atoms with Crippen molar-refractivity contribution in [1.29, 1.82) is 0 Å². The largest absolute Gasteiger partial charge is 0.384 e. The molecule has 0 aliphatic heterocycles. The first-order valence-electron chi connectivity index (χ1n) is 6.38. The van der Waals surface area contributed by atoms with E-state index in [4.69, 9.17) is 20.9 Å². The smallest absolute Gasteiger partial charge is 0.244 e. The molecule has 0 aromatic carbocycles. The van der Waals surface area contributed by atoms with Gasteiger partial charge in [0.25, 0.3) is 0 Å². The number of nitrogens with one attached hydrogen (secondary N) is 1. The first kappa shape index (κ1) is 15.5. The lowest BCUT2D eigenvalue weighted by atomic mass is 10.3. The second kappa shape index (κ2) is 7.19. The summed E-state index contributed by atoms with van der Waals surface area (Å²) in [5.41, 5.74) is 0. The van der Waals surface area contributed by atoms with Crippen LogP contribution < -0.4 is 5.32 Å². The Morgan fingerprint density at radius 2 is 2.43 bits per heavy atom. The number of methoxy groups -OCH3 is 1. The van der Waals surface area contributed by atoms with Gasteiger partial charge >= 0.3 is 0 Å². The van der Waals surface area contributed by atoms with E-state index < -0.39 is 6.04 Å². The molecule has 0 fully saturated rings. The van der Waals surface area contributed by atoms with Gasteiger partial charge in [-0.2, -0.15) is 10.1 Å². The van der Waals surface area contributed by atoms with E-state index >= 15 is 0 Å². The topological polar surface area (TPSA) is 95.1 Å². The van der Waals surface area contributed by atoms with Crippen LogP contribution in [-0.2, 0) is 22.5 Å². The minimum Gasteiger partial charge on any atom is -0.384 e. The maximum absolute atomic E-state index is 12.0. The molecule has 2 heterocycles. The van der Waals surface area contributed by atoms with Crippen molar-refractivity contribution in [3.05, 3.63) is 29.1 Å². The van der Waals surface area contributed by atoms with Crippen LogP contribution in [0.4, 0.5) is 0 Å². The Morgan fingerprint density at radius 1 is 1.62 bits per heavy atom. The molecule has 114 valence electrons. The summed E-state index contributed by atoms with van der Waals surface area (Å²) in [6, 6.07) is -0.475. The molecule has 0 bridgehead atoms. The molecule has 0 saturated heterocycles. The third kappa shape index (κ3) is 4.27. The summed E-state index contributed by atoms with van der Waals surface area (Å²) in [7, 11) is 1.60. The lowest BCUT2D eigenvalue weighted by Gasteiger charge is -2.11. The maximum Gasteiger partial charge on any atom is 0.244 e. The van der Waals surface area contributed by atoms with Crippen LogP contribution in [0.3, 0.4) is 0 Å². The van der Waals surface area contributed by atoms with Gasteiger partial charge in [0.2, 0.25) is 11.8 Å². The fraction of sp³-hybridized carbons (Fsp3) is 0.500.